The van der Waals surface area contributed by atoms with Crippen LogP contribution in [-0.4, -0.2) is 56.6 Å². The quantitative estimate of drug-likeness (QED) is 0.636. The third kappa shape index (κ3) is 2.07. The van der Waals surface area contributed by atoms with Crippen LogP contribution in [0.2, 0.25) is 0 Å². The van der Waals surface area contributed by atoms with Gasteiger partial charge in [0.15, 0.2) is 0 Å². The minimum absolute atomic E-state index is 0.239. The zero-order valence-electron chi connectivity index (χ0n) is 9.27. The zero-order valence-corrected chi connectivity index (χ0v) is 10.1. The molecule has 0 spiro atoms. The van der Waals surface area contributed by atoms with Gasteiger partial charge in [-0.15, -0.1) is 0 Å². The van der Waals surface area contributed by atoms with Crippen molar-refractivity contribution in [2.24, 2.45) is 0 Å². The smallest absolute Gasteiger partial charge is 0.239 e. The van der Waals surface area contributed by atoms with Gasteiger partial charge in [0.2, 0.25) is 15.9 Å². The van der Waals surface area contributed by atoms with Crippen molar-refractivity contribution >= 4 is 15.9 Å². The van der Waals surface area contributed by atoms with E-state index in [1.54, 1.807) is 0 Å². The van der Waals surface area contributed by atoms with E-state index >= 15 is 0 Å². The van der Waals surface area contributed by atoms with Gasteiger partial charge >= 0.3 is 0 Å². The van der Waals surface area contributed by atoms with Gasteiger partial charge in [-0.1, -0.05) is 0 Å². The maximum Gasteiger partial charge on any atom is 0.239 e. The fourth-order valence-corrected chi connectivity index (χ4v) is 3.92. The van der Waals surface area contributed by atoms with Crippen molar-refractivity contribution in [1.29, 1.82) is 0 Å². The van der Waals surface area contributed by atoms with Gasteiger partial charge in [-0.05, 0) is 12.8 Å². The average Bonchev–Trinajstić information content (AvgIpc) is 3.12. The molecule has 1 saturated heterocycles. The summed E-state index contributed by atoms with van der Waals surface area (Å²) < 4.78 is 25.6. The molecule has 0 bridgehead atoms. The van der Waals surface area contributed by atoms with Gasteiger partial charge in [0.1, 0.15) is 6.04 Å². The summed E-state index contributed by atoms with van der Waals surface area (Å²) in [6.07, 6.45) is 1.46. The highest BCUT2D eigenvalue weighted by Gasteiger charge is 2.45. The lowest BCUT2D eigenvalue weighted by atomic mass is 10.2. The fourth-order valence-electron chi connectivity index (χ4n) is 1.94. The summed E-state index contributed by atoms with van der Waals surface area (Å²) in [5, 5.41) is 5.30. The molecule has 2 aliphatic rings. The predicted molar refractivity (Wildman–Crippen MR) is 59.4 cm³/mol. The number of sulfonamides is 1. The molecule has 0 aromatic carbocycles. The molecule has 6 nitrogen and oxygen atoms in total. The number of nitrogens with zero attached hydrogens (tertiary/aromatic N) is 1. The van der Waals surface area contributed by atoms with E-state index in [9.17, 15) is 13.2 Å². The number of hydrogen-bond donors (Lipinski definition) is 2. The van der Waals surface area contributed by atoms with Crippen LogP contribution in [0.3, 0.4) is 0 Å². The first-order valence-corrected chi connectivity index (χ1v) is 7.00. The fraction of sp³-hybridized carbons (Fsp3) is 0.889. The zero-order chi connectivity index (χ0) is 11.8. The molecule has 2 N–H and O–H groups in total. The van der Waals surface area contributed by atoms with Gasteiger partial charge in [0, 0.05) is 26.7 Å². The maximum atomic E-state index is 12.1. The lowest BCUT2D eigenvalue weighted by molar-refractivity contribution is -0.124. The number of hydrogen-bond acceptors (Lipinski definition) is 4. The Hall–Kier alpha value is -0.660. The van der Waals surface area contributed by atoms with Crippen molar-refractivity contribution < 1.29 is 13.2 Å². The number of piperazine rings is 1. The van der Waals surface area contributed by atoms with Crippen molar-refractivity contribution in [2.45, 2.75) is 24.1 Å². The number of carbonyl (C=O) groups excluding carboxylic acids is 1. The molecular formula is C9H17N3O3S. The molecule has 0 aromatic rings. The highest BCUT2D eigenvalue weighted by molar-refractivity contribution is 7.90. The topological polar surface area (TPSA) is 78.5 Å². The molecule has 2 fully saturated rings. The van der Waals surface area contributed by atoms with Crippen LogP contribution < -0.4 is 10.6 Å². The van der Waals surface area contributed by atoms with Gasteiger partial charge < -0.3 is 10.6 Å². The van der Waals surface area contributed by atoms with Crippen molar-refractivity contribution in [1.82, 2.24) is 14.9 Å². The van der Waals surface area contributed by atoms with Crippen LogP contribution >= 0.6 is 0 Å². The number of carbonyl (C=O) groups is 1. The summed E-state index contributed by atoms with van der Waals surface area (Å²) in [5.74, 6) is -0.239. The highest BCUT2D eigenvalue weighted by atomic mass is 32.2. The van der Waals surface area contributed by atoms with Crippen LogP contribution in [0.1, 0.15) is 12.8 Å². The van der Waals surface area contributed by atoms with Crippen LogP contribution in [0.5, 0.6) is 0 Å². The second-order valence-electron chi connectivity index (χ2n) is 4.19. The molecule has 0 radical (unpaired) electrons. The number of amides is 1. The molecule has 2 rings (SSSR count). The standard InChI is InChI=1S/C9H17N3O3S/c1-10-9(13)8-6-11-4-5-12(8)16(14,15)7-2-3-7/h7-8,11H,2-6H2,1H3,(H,10,13). The molecule has 1 saturated carbocycles. The van der Waals surface area contributed by atoms with E-state index < -0.39 is 16.1 Å². The summed E-state index contributed by atoms with van der Waals surface area (Å²) >= 11 is 0. The van der Waals surface area contributed by atoms with Gasteiger partial charge in [-0.2, -0.15) is 4.31 Å². The van der Waals surface area contributed by atoms with E-state index in [1.807, 2.05) is 0 Å². The minimum Gasteiger partial charge on any atom is -0.358 e. The van der Waals surface area contributed by atoms with Gasteiger partial charge in [0.25, 0.3) is 0 Å². The van der Waals surface area contributed by atoms with Crippen molar-refractivity contribution in [3.05, 3.63) is 0 Å². The molecule has 1 heterocycles. The van der Waals surface area contributed by atoms with Crippen LogP contribution in [0.25, 0.3) is 0 Å². The monoisotopic (exact) mass is 247 g/mol. The maximum absolute atomic E-state index is 12.1. The Morgan fingerprint density at radius 2 is 2.12 bits per heavy atom. The van der Waals surface area contributed by atoms with E-state index in [2.05, 4.69) is 10.6 Å². The molecule has 92 valence electrons. The second-order valence-corrected chi connectivity index (χ2v) is 6.35. The van der Waals surface area contributed by atoms with E-state index in [4.69, 9.17) is 0 Å². The van der Waals surface area contributed by atoms with E-state index in [0.29, 0.717) is 19.6 Å². The Bertz CT molecular complexity index is 377. The number of likely N-dealkylation sites (N-methyl/N-ethyl adjacent to an activating group) is 1. The first-order chi connectivity index (χ1) is 7.57. The van der Waals surface area contributed by atoms with Gasteiger partial charge in [-0.3, -0.25) is 4.79 Å². The Morgan fingerprint density at radius 3 is 2.69 bits per heavy atom. The molecule has 1 amide bonds. The normalized spacial score (nSPS) is 27.7. The Balaban J connectivity index is 2.19. The van der Waals surface area contributed by atoms with E-state index in [1.165, 1.54) is 11.4 Å². The summed E-state index contributed by atoms with van der Waals surface area (Å²) in [4.78, 5) is 11.6. The molecule has 1 aliphatic heterocycles. The largest absolute Gasteiger partial charge is 0.358 e. The Labute approximate surface area is 95.4 Å². The van der Waals surface area contributed by atoms with Gasteiger partial charge in [0.05, 0.1) is 5.25 Å². The summed E-state index contributed by atoms with van der Waals surface area (Å²) in [5.41, 5.74) is 0. The molecule has 1 unspecified atom stereocenters. The SMILES string of the molecule is CNC(=O)C1CNCCN1S(=O)(=O)C1CC1. The first kappa shape index (κ1) is 11.8. The van der Waals surface area contributed by atoms with Gasteiger partial charge in [-0.25, -0.2) is 8.42 Å². The Kier molecular flexibility index (Phi) is 3.18. The summed E-state index contributed by atoms with van der Waals surface area (Å²) in [6, 6.07) is -0.593. The average molecular weight is 247 g/mol. The number of nitrogens with one attached hydrogen (secondary N) is 2. The molecule has 1 aliphatic carbocycles. The number of rotatable bonds is 3. The molecule has 7 heteroatoms. The lowest BCUT2D eigenvalue weighted by Crippen LogP contribution is -2.59. The first-order valence-electron chi connectivity index (χ1n) is 5.50. The molecule has 0 aromatic heterocycles. The molecule has 1 atom stereocenters. The second kappa shape index (κ2) is 4.31. The third-order valence-electron chi connectivity index (χ3n) is 3.02. The van der Waals surface area contributed by atoms with Crippen molar-refractivity contribution in [2.75, 3.05) is 26.7 Å². The predicted octanol–water partition coefficient (Wildman–Crippen LogP) is -1.50. The lowest BCUT2D eigenvalue weighted by Gasteiger charge is -2.33. The van der Waals surface area contributed by atoms with Crippen LogP contribution in [-0.2, 0) is 14.8 Å². The van der Waals surface area contributed by atoms with Crippen LogP contribution in [0, 0.1) is 0 Å². The molecular weight excluding hydrogens is 230 g/mol. The van der Waals surface area contributed by atoms with Crippen LogP contribution in [0.4, 0.5) is 0 Å². The third-order valence-corrected chi connectivity index (χ3v) is 5.42. The minimum atomic E-state index is -3.26. The Morgan fingerprint density at radius 1 is 1.44 bits per heavy atom. The van der Waals surface area contributed by atoms with Crippen LogP contribution in [0.15, 0.2) is 0 Å². The van der Waals surface area contributed by atoms with Crippen molar-refractivity contribution in [3.8, 4) is 0 Å². The molecule has 16 heavy (non-hydrogen) atoms. The van der Waals surface area contributed by atoms with E-state index in [0.717, 1.165) is 12.8 Å². The highest BCUT2D eigenvalue weighted by Crippen LogP contribution is 2.32. The summed E-state index contributed by atoms with van der Waals surface area (Å²) in [6.45, 7) is 1.39. The van der Waals surface area contributed by atoms with E-state index in [-0.39, 0.29) is 11.2 Å². The summed E-state index contributed by atoms with van der Waals surface area (Å²) in [7, 11) is -1.73. The van der Waals surface area contributed by atoms with Crippen molar-refractivity contribution in [3.63, 3.8) is 0 Å².